The number of hydrogen-bond acceptors (Lipinski definition) is 4. The minimum absolute atomic E-state index is 0.360. The highest BCUT2D eigenvalue weighted by molar-refractivity contribution is 7.17. The van der Waals surface area contributed by atoms with Gasteiger partial charge in [-0.05, 0) is 25.2 Å². The molecule has 4 heteroatoms. The molecule has 0 amide bonds. The first-order valence-corrected chi connectivity index (χ1v) is 6.51. The summed E-state index contributed by atoms with van der Waals surface area (Å²) in [7, 11) is 0. The number of anilines is 1. The first-order chi connectivity index (χ1) is 7.52. The lowest BCUT2D eigenvalue weighted by atomic mass is 9.84. The van der Waals surface area contributed by atoms with Crippen LogP contribution in [0.4, 0.5) is 5.13 Å². The number of carbonyl (C=O) groups excluding carboxylic acids is 1. The van der Waals surface area contributed by atoms with Gasteiger partial charge in [-0.25, -0.2) is 4.98 Å². The van der Waals surface area contributed by atoms with Crippen LogP contribution in [-0.2, 0) is 0 Å². The Labute approximate surface area is 100 Å². The number of thiazole rings is 1. The van der Waals surface area contributed by atoms with E-state index >= 15 is 0 Å². The van der Waals surface area contributed by atoms with Gasteiger partial charge in [0.2, 0.25) is 0 Å². The fourth-order valence-corrected chi connectivity index (χ4v) is 3.13. The summed E-state index contributed by atoms with van der Waals surface area (Å²) in [5.74, 6) is 0. The Kier molecular flexibility index (Phi) is 3.02. The lowest BCUT2D eigenvalue weighted by molar-refractivity contribution is 0.112. The van der Waals surface area contributed by atoms with E-state index in [1.807, 2.05) is 6.92 Å². The Morgan fingerprint density at radius 3 is 2.81 bits per heavy atom. The summed E-state index contributed by atoms with van der Waals surface area (Å²) in [4.78, 5) is 18.4. The molecule has 1 fully saturated rings. The van der Waals surface area contributed by atoms with Gasteiger partial charge in [0.1, 0.15) is 0 Å². The van der Waals surface area contributed by atoms with E-state index in [9.17, 15) is 4.79 Å². The van der Waals surface area contributed by atoms with Crippen LogP contribution in [0.2, 0.25) is 0 Å². The van der Waals surface area contributed by atoms with Crippen LogP contribution in [0.5, 0.6) is 0 Å². The lowest BCUT2D eigenvalue weighted by Crippen LogP contribution is -2.40. The van der Waals surface area contributed by atoms with Gasteiger partial charge in [0.15, 0.2) is 11.4 Å². The molecule has 1 aromatic heterocycles. The number of rotatable bonds is 2. The molecule has 3 nitrogen and oxygen atoms in total. The van der Waals surface area contributed by atoms with E-state index in [-0.39, 0.29) is 0 Å². The number of carbonyl (C=O) groups is 1. The standard InChI is InChI=1S/C12H18N2OS/c1-9-10(7-15)16-11(13-9)14-6-4-5-12(2,3)8-14/h7H,4-6,8H2,1-3H3. The zero-order chi connectivity index (χ0) is 11.8. The summed E-state index contributed by atoms with van der Waals surface area (Å²) >= 11 is 1.51. The molecule has 1 aliphatic heterocycles. The zero-order valence-electron chi connectivity index (χ0n) is 10.1. The predicted molar refractivity (Wildman–Crippen MR) is 67.5 cm³/mol. The highest BCUT2D eigenvalue weighted by Crippen LogP contribution is 2.33. The van der Waals surface area contributed by atoms with Crippen molar-refractivity contribution >= 4 is 22.8 Å². The van der Waals surface area contributed by atoms with Crippen LogP contribution < -0.4 is 4.90 Å². The minimum Gasteiger partial charge on any atom is -0.348 e. The Balaban J connectivity index is 2.20. The number of aldehydes is 1. The van der Waals surface area contributed by atoms with Crippen LogP contribution in [0.3, 0.4) is 0 Å². The molecule has 0 radical (unpaired) electrons. The first-order valence-electron chi connectivity index (χ1n) is 5.69. The zero-order valence-corrected chi connectivity index (χ0v) is 10.9. The maximum Gasteiger partial charge on any atom is 0.186 e. The van der Waals surface area contributed by atoms with Crippen molar-refractivity contribution in [2.45, 2.75) is 33.6 Å². The summed E-state index contributed by atoms with van der Waals surface area (Å²) in [6, 6.07) is 0. The van der Waals surface area contributed by atoms with Crippen LogP contribution in [-0.4, -0.2) is 24.4 Å². The van der Waals surface area contributed by atoms with E-state index in [4.69, 9.17) is 0 Å². The Morgan fingerprint density at radius 1 is 1.50 bits per heavy atom. The van der Waals surface area contributed by atoms with Gasteiger partial charge in [-0.15, -0.1) is 0 Å². The molecule has 0 unspecified atom stereocenters. The average Bonchev–Trinajstić information content (AvgIpc) is 2.58. The normalized spacial score (nSPS) is 19.8. The second-order valence-corrected chi connectivity index (χ2v) is 6.26. The van der Waals surface area contributed by atoms with Crippen LogP contribution >= 0.6 is 11.3 Å². The molecule has 0 aliphatic carbocycles. The largest absolute Gasteiger partial charge is 0.348 e. The highest BCUT2D eigenvalue weighted by Gasteiger charge is 2.28. The molecule has 0 atom stereocenters. The second kappa shape index (κ2) is 4.17. The van der Waals surface area contributed by atoms with Gasteiger partial charge >= 0.3 is 0 Å². The molecule has 0 saturated carbocycles. The molecule has 2 heterocycles. The molecule has 16 heavy (non-hydrogen) atoms. The SMILES string of the molecule is Cc1nc(N2CCCC(C)(C)C2)sc1C=O. The summed E-state index contributed by atoms with van der Waals surface area (Å²) in [5.41, 5.74) is 1.22. The fourth-order valence-electron chi connectivity index (χ4n) is 2.22. The summed E-state index contributed by atoms with van der Waals surface area (Å²) < 4.78 is 0. The smallest absolute Gasteiger partial charge is 0.186 e. The topological polar surface area (TPSA) is 33.2 Å². The average molecular weight is 238 g/mol. The fraction of sp³-hybridized carbons (Fsp3) is 0.667. The van der Waals surface area contributed by atoms with Crippen molar-refractivity contribution in [2.75, 3.05) is 18.0 Å². The lowest BCUT2D eigenvalue weighted by Gasteiger charge is -2.37. The van der Waals surface area contributed by atoms with Gasteiger partial charge in [0.05, 0.1) is 10.6 Å². The Hall–Kier alpha value is -0.900. The summed E-state index contributed by atoms with van der Waals surface area (Å²) in [6.07, 6.45) is 3.39. The molecule has 88 valence electrons. The summed E-state index contributed by atoms with van der Waals surface area (Å²) in [5, 5.41) is 1.01. The predicted octanol–water partition coefficient (Wildman–Crippen LogP) is 2.89. The van der Waals surface area contributed by atoms with Crippen molar-refractivity contribution in [1.29, 1.82) is 0 Å². The molecule has 1 saturated heterocycles. The number of piperidine rings is 1. The van der Waals surface area contributed by atoms with Crippen molar-refractivity contribution in [3.63, 3.8) is 0 Å². The van der Waals surface area contributed by atoms with Gasteiger partial charge in [-0.2, -0.15) is 0 Å². The third-order valence-electron chi connectivity index (χ3n) is 3.10. The van der Waals surface area contributed by atoms with E-state index < -0.39 is 0 Å². The van der Waals surface area contributed by atoms with E-state index in [0.29, 0.717) is 5.41 Å². The van der Waals surface area contributed by atoms with E-state index in [2.05, 4.69) is 23.7 Å². The molecule has 1 aliphatic rings. The van der Waals surface area contributed by atoms with E-state index in [0.717, 1.165) is 35.1 Å². The van der Waals surface area contributed by atoms with E-state index in [1.165, 1.54) is 24.2 Å². The van der Waals surface area contributed by atoms with Crippen LogP contribution in [0.15, 0.2) is 0 Å². The highest BCUT2D eigenvalue weighted by atomic mass is 32.1. The first kappa shape index (κ1) is 11.6. The maximum atomic E-state index is 10.8. The van der Waals surface area contributed by atoms with Crippen molar-refractivity contribution < 1.29 is 4.79 Å². The molecule has 0 aromatic carbocycles. The Bertz CT molecular complexity index is 398. The quantitative estimate of drug-likeness (QED) is 0.743. The Morgan fingerprint density at radius 2 is 2.25 bits per heavy atom. The third-order valence-corrected chi connectivity index (χ3v) is 4.24. The van der Waals surface area contributed by atoms with Gasteiger partial charge in [-0.1, -0.05) is 25.2 Å². The van der Waals surface area contributed by atoms with Crippen LogP contribution in [0, 0.1) is 12.3 Å². The second-order valence-electron chi connectivity index (χ2n) is 5.25. The van der Waals surface area contributed by atoms with Crippen LogP contribution in [0.25, 0.3) is 0 Å². The van der Waals surface area contributed by atoms with Gasteiger partial charge in [0, 0.05) is 13.1 Å². The number of aryl methyl sites for hydroxylation is 1. The number of aromatic nitrogens is 1. The van der Waals surface area contributed by atoms with Crippen LogP contribution in [0.1, 0.15) is 42.1 Å². The summed E-state index contributed by atoms with van der Waals surface area (Å²) in [6.45, 7) is 8.59. The third kappa shape index (κ3) is 2.26. The molecule has 0 spiro atoms. The minimum atomic E-state index is 0.360. The number of hydrogen-bond donors (Lipinski definition) is 0. The van der Waals surface area contributed by atoms with E-state index in [1.54, 1.807) is 0 Å². The van der Waals surface area contributed by atoms with Crippen molar-refractivity contribution in [1.82, 2.24) is 4.98 Å². The molecule has 0 bridgehead atoms. The van der Waals surface area contributed by atoms with Gasteiger partial charge in [-0.3, -0.25) is 4.79 Å². The molecule has 2 rings (SSSR count). The van der Waals surface area contributed by atoms with Crippen molar-refractivity contribution in [2.24, 2.45) is 5.41 Å². The van der Waals surface area contributed by atoms with Gasteiger partial charge < -0.3 is 4.90 Å². The number of nitrogens with zero attached hydrogens (tertiary/aromatic N) is 2. The van der Waals surface area contributed by atoms with Crippen molar-refractivity contribution in [3.05, 3.63) is 10.6 Å². The molecular weight excluding hydrogens is 220 g/mol. The maximum absolute atomic E-state index is 10.8. The van der Waals surface area contributed by atoms with Gasteiger partial charge in [0.25, 0.3) is 0 Å². The molecular formula is C12H18N2OS. The van der Waals surface area contributed by atoms with Crippen molar-refractivity contribution in [3.8, 4) is 0 Å². The monoisotopic (exact) mass is 238 g/mol. The molecule has 1 aromatic rings. The molecule has 0 N–H and O–H groups in total.